The van der Waals surface area contributed by atoms with Gasteiger partial charge in [0.2, 0.25) is 0 Å². The third-order valence-corrected chi connectivity index (χ3v) is 7.02. The third-order valence-electron chi connectivity index (χ3n) is 7.02. The molecule has 12 heteroatoms. The van der Waals surface area contributed by atoms with Crippen molar-refractivity contribution < 1.29 is 49.2 Å². The van der Waals surface area contributed by atoms with Crippen molar-refractivity contribution in [3.63, 3.8) is 0 Å². The summed E-state index contributed by atoms with van der Waals surface area (Å²) in [4.78, 5) is 3.86. The highest BCUT2D eigenvalue weighted by atomic mass is 16.5. The van der Waals surface area contributed by atoms with E-state index in [2.05, 4.69) is 32.9 Å². The lowest BCUT2D eigenvalue weighted by molar-refractivity contribution is -0.144. The highest BCUT2D eigenvalue weighted by Gasteiger charge is 2.45. The molecule has 0 aliphatic carbocycles. The van der Waals surface area contributed by atoms with Gasteiger partial charge in [-0.25, -0.2) is 0 Å². The van der Waals surface area contributed by atoms with E-state index in [4.69, 9.17) is 23.7 Å². The van der Waals surface area contributed by atoms with Crippen molar-refractivity contribution in [3.05, 3.63) is 63.3 Å². The molecule has 0 rings (SSSR count). The summed E-state index contributed by atoms with van der Waals surface area (Å²) in [5.74, 6) is 0. The second-order valence-corrected chi connectivity index (χ2v) is 11.1. The number of rotatable bonds is 34. The highest BCUT2D eigenvalue weighted by molar-refractivity contribution is 4.96. The predicted molar refractivity (Wildman–Crippen MR) is 181 cm³/mol. The molecule has 0 amide bonds. The minimum absolute atomic E-state index is 0.00514. The minimum atomic E-state index is -1.12. The lowest BCUT2D eigenvalue weighted by Gasteiger charge is -2.53. The van der Waals surface area contributed by atoms with Gasteiger partial charge in [-0.3, -0.25) is 9.80 Å². The van der Waals surface area contributed by atoms with E-state index in [9.17, 15) is 25.5 Å². The number of hydrogen-bond acceptors (Lipinski definition) is 12. The molecule has 0 bridgehead atoms. The lowest BCUT2D eigenvalue weighted by atomic mass is 9.89. The van der Waals surface area contributed by atoms with Crippen LogP contribution < -0.4 is 0 Å². The maximum atomic E-state index is 11.4. The summed E-state index contributed by atoms with van der Waals surface area (Å²) >= 11 is 0. The monoisotopic (exact) mass is 658 g/mol. The van der Waals surface area contributed by atoms with Gasteiger partial charge < -0.3 is 49.2 Å². The Labute approximate surface area is 276 Å². The van der Waals surface area contributed by atoms with Crippen molar-refractivity contribution in [2.75, 3.05) is 92.2 Å². The van der Waals surface area contributed by atoms with Crippen LogP contribution in [0, 0.1) is 0 Å². The van der Waals surface area contributed by atoms with Crippen LogP contribution in [0.4, 0.5) is 0 Å². The van der Waals surface area contributed by atoms with Crippen molar-refractivity contribution in [2.24, 2.45) is 0 Å². The molecule has 6 unspecified atom stereocenters. The number of likely N-dealkylation sites (N-methyl/N-ethyl adjacent to an activating group) is 1. The van der Waals surface area contributed by atoms with E-state index in [0.29, 0.717) is 6.54 Å². The molecular formula is C34H62N2O10. The van der Waals surface area contributed by atoms with Crippen LogP contribution in [0.2, 0.25) is 0 Å². The summed E-state index contributed by atoms with van der Waals surface area (Å²) in [7, 11) is 0. The first-order valence-corrected chi connectivity index (χ1v) is 16.0. The summed E-state index contributed by atoms with van der Waals surface area (Å²) in [6.07, 6.45) is 3.76. The van der Waals surface area contributed by atoms with Crippen LogP contribution in [0.5, 0.6) is 0 Å². The molecule has 0 aromatic rings. The van der Waals surface area contributed by atoms with Crippen molar-refractivity contribution in [1.82, 2.24) is 9.80 Å². The molecule has 0 fully saturated rings. The molecule has 0 heterocycles. The summed E-state index contributed by atoms with van der Waals surface area (Å²) in [5.41, 5.74) is -1.12. The van der Waals surface area contributed by atoms with E-state index >= 15 is 0 Å². The molecule has 0 aromatic heterocycles. The van der Waals surface area contributed by atoms with Gasteiger partial charge >= 0.3 is 0 Å². The zero-order valence-corrected chi connectivity index (χ0v) is 28.0. The molecule has 268 valence electrons. The van der Waals surface area contributed by atoms with Gasteiger partial charge in [0.1, 0.15) is 0 Å². The fraction of sp³-hybridized carbons (Fsp3) is 0.706. The summed E-state index contributed by atoms with van der Waals surface area (Å²) in [6, 6.07) is 0. The van der Waals surface area contributed by atoms with Gasteiger partial charge in [-0.15, -0.1) is 32.9 Å². The first-order valence-electron chi connectivity index (χ1n) is 16.0. The van der Waals surface area contributed by atoms with Crippen LogP contribution in [-0.4, -0.2) is 164 Å². The highest BCUT2D eigenvalue weighted by Crippen LogP contribution is 2.34. The number of aliphatic hydroxyl groups is 5. The molecule has 46 heavy (non-hydrogen) atoms. The number of aliphatic hydroxyl groups excluding tert-OH is 5. The van der Waals surface area contributed by atoms with Gasteiger partial charge in [-0.2, -0.15) is 0 Å². The maximum Gasteiger partial charge on any atom is 0.0901 e. The van der Waals surface area contributed by atoms with Crippen LogP contribution in [0.15, 0.2) is 63.3 Å². The largest absolute Gasteiger partial charge is 0.391 e. The Morgan fingerprint density at radius 3 is 1.20 bits per heavy atom. The van der Waals surface area contributed by atoms with Gasteiger partial charge in [0.15, 0.2) is 0 Å². The fourth-order valence-electron chi connectivity index (χ4n) is 5.16. The van der Waals surface area contributed by atoms with Crippen LogP contribution in [-0.2, 0) is 23.7 Å². The fourth-order valence-corrected chi connectivity index (χ4v) is 5.16. The van der Waals surface area contributed by atoms with Gasteiger partial charge in [0, 0.05) is 26.1 Å². The smallest absolute Gasteiger partial charge is 0.0901 e. The van der Waals surface area contributed by atoms with Crippen molar-refractivity contribution in [1.29, 1.82) is 0 Å². The minimum Gasteiger partial charge on any atom is -0.391 e. The second kappa shape index (κ2) is 28.3. The number of ether oxygens (including phenoxy) is 5. The molecular weight excluding hydrogens is 596 g/mol. The van der Waals surface area contributed by atoms with E-state index in [1.807, 2.05) is 16.7 Å². The molecule has 0 saturated carbocycles. The molecule has 0 aromatic carbocycles. The van der Waals surface area contributed by atoms with E-state index in [0.717, 1.165) is 0 Å². The lowest BCUT2D eigenvalue weighted by Crippen LogP contribution is -2.66. The Bertz CT molecular complexity index is 782. The topological polar surface area (TPSA) is 154 Å². The average molecular weight is 659 g/mol. The van der Waals surface area contributed by atoms with Crippen LogP contribution >= 0.6 is 0 Å². The average Bonchev–Trinajstić information content (AvgIpc) is 3.02. The second-order valence-electron chi connectivity index (χ2n) is 11.1. The molecule has 0 spiro atoms. The standard InChI is InChI=1S/C34H62N2O10/c1-7-15-42-24-29(37)13-14-34(20-30(38)25-43-16-8-2,35(12-6)21-31(39)26-44-17-9-3)36(22-32(40)27-45-18-10-4)23-33(41)28-46-19-11-5/h7-11,29-33,37-41H,1-5,12-28H2,6H3. The quantitative estimate of drug-likeness (QED) is 0.0385. The molecule has 6 atom stereocenters. The van der Waals surface area contributed by atoms with Crippen LogP contribution in [0.3, 0.4) is 0 Å². The first-order chi connectivity index (χ1) is 22.1. The molecule has 5 N–H and O–H groups in total. The molecule has 0 aliphatic heterocycles. The Morgan fingerprint density at radius 2 is 0.848 bits per heavy atom. The predicted octanol–water partition coefficient (Wildman–Crippen LogP) is 1.29. The zero-order chi connectivity index (χ0) is 34.6. The first kappa shape index (κ1) is 44.2. The molecule has 0 aliphatic rings. The summed E-state index contributed by atoms with van der Waals surface area (Å²) in [5, 5.41) is 55.6. The Kier molecular flexibility index (Phi) is 27.2. The Balaban J connectivity index is 6.87. The van der Waals surface area contributed by atoms with E-state index < -0.39 is 36.2 Å². The van der Waals surface area contributed by atoms with Gasteiger partial charge in [-0.1, -0.05) is 37.3 Å². The molecule has 12 nitrogen and oxygen atoms in total. The maximum absolute atomic E-state index is 11.4. The SMILES string of the molecule is C=CCOCC(O)CCC(CC(O)COCC=C)(N(CC)CC(O)COCC=C)N(CC(O)COCC=C)CC(O)COCC=C. The van der Waals surface area contributed by atoms with Gasteiger partial charge in [-0.05, 0) is 19.4 Å². The zero-order valence-electron chi connectivity index (χ0n) is 28.0. The van der Waals surface area contributed by atoms with Gasteiger partial charge in [0.05, 0.1) is 102 Å². The van der Waals surface area contributed by atoms with Crippen LogP contribution in [0.25, 0.3) is 0 Å². The number of hydrogen-bond donors (Lipinski definition) is 5. The van der Waals surface area contributed by atoms with Crippen LogP contribution in [0.1, 0.15) is 26.2 Å². The van der Waals surface area contributed by atoms with Crippen molar-refractivity contribution in [3.8, 4) is 0 Å². The van der Waals surface area contributed by atoms with Gasteiger partial charge in [0.25, 0.3) is 0 Å². The Hall–Kier alpha value is -1.78. The third kappa shape index (κ3) is 19.8. The number of nitrogens with zero attached hydrogens (tertiary/aromatic N) is 2. The van der Waals surface area contributed by atoms with Crippen molar-refractivity contribution >= 4 is 0 Å². The molecule has 0 saturated heterocycles. The summed E-state index contributed by atoms with van der Waals surface area (Å²) < 4.78 is 27.7. The normalized spacial score (nSPS) is 16.3. The van der Waals surface area contributed by atoms with E-state index in [-0.39, 0.29) is 105 Å². The van der Waals surface area contributed by atoms with E-state index in [1.165, 1.54) is 0 Å². The molecule has 0 radical (unpaired) electrons. The van der Waals surface area contributed by atoms with Crippen molar-refractivity contribution in [2.45, 2.75) is 62.4 Å². The van der Waals surface area contributed by atoms with E-state index in [1.54, 1.807) is 30.4 Å². The summed E-state index contributed by atoms with van der Waals surface area (Å²) in [6.45, 7) is 22.1. The Morgan fingerprint density at radius 1 is 0.522 bits per heavy atom.